The SMILES string of the molecule is c1ccc(C2=NC(c3ccccc3)N=C(c3ccccc3-c3ccc(-c4ccc5c(c4)C4(c6ccccc6-5)c5cccnc5-c5ncccc54)cc3)N2)cc1. The summed E-state index contributed by atoms with van der Waals surface area (Å²) >= 11 is 0. The molecule has 2 aliphatic carbocycles. The lowest BCUT2D eigenvalue weighted by molar-refractivity contribution is 0.756. The van der Waals surface area contributed by atoms with Crippen LogP contribution < -0.4 is 5.32 Å². The number of pyridine rings is 2. The number of amidine groups is 2. The lowest BCUT2D eigenvalue weighted by Gasteiger charge is -2.30. The summed E-state index contributed by atoms with van der Waals surface area (Å²) in [6.45, 7) is 0. The van der Waals surface area contributed by atoms with E-state index in [-0.39, 0.29) is 6.17 Å². The molecule has 0 amide bonds. The van der Waals surface area contributed by atoms with Gasteiger partial charge < -0.3 is 5.32 Å². The highest BCUT2D eigenvalue weighted by Gasteiger charge is 2.52. The number of hydrogen-bond acceptors (Lipinski definition) is 5. The molecule has 1 atom stereocenters. The minimum Gasteiger partial charge on any atom is -0.324 e. The summed E-state index contributed by atoms with van der Waals surface area (Å²) in [5.74, 6) is 1.60. The first kappa shape index (κ1) is 31.3. The van der Waals surface area contributed by atoms with Gasteiger partial charge in [-0.25, -0.2) is 9.98 Å². The van der Waals surface area contributed by atoms with E-state index in [0.717, 1.165) is 56.4 Å². The summed E-state index contributed by atoms with van der Waals surface area (Å²) < 4.78 is 0. The zero-order valence-electron chi connectivity index (χ0n) is 29.8. The second-order valence-electron chi connectivity index (χ2n) is 14.2. The molecule has 258 valence electrons. The highest BCUT2D eigenvalue weighted by Crippen LogP contribution is 2.62. The van der Waals surface area contributed by atoms with Crippen molar-refractivity contribution in [2.45, 2.75) is 11.6 Å². The fourth-order valence-corrected chi connectivity index (χ4v) is 8.87. The van der Waals surface area contributed by atoms with Crippen LogP contribution in [0.2, 0.25) is 0 Å². The lowest BCUT2D eigenvalue weighted by Crippen LogP contribution is -2.36. The molecule has 5 heteroatoms. The third-order valence-electron chi connectivity index (χ3n) is 11.3. The van der Waals surface area contributed by atoms with Crippen molar-refractivity contribution < 1.29 is 0 Å². The molecule has 0 bridgehead atoms. The van der Waals surface area contributed by atoms with E-state index in [0.29, 0.717) is 0 Å². The van der Waals surface area contributed by atoms with Crippen LogP contribution in [-0.4, -0.2) is 21.6 Å². The first-order valence-corrected chi connectivity index (χ1v) is 18.7. The molecule has 1 unspecified atom stereocenters. The molecule has 3 aliphatic rings. The predicted octanol–water partition coefficient (Wildman–Crippen LogP) is 10.6. The molecule has 3 heterocycles. The topological polar surface area (TPSA) is 62.5 Å². The third kappa shape index (κ3) is 4.80. The second-order valence-corrected chi connectivity index (χ2v) is 14.2. The number of nitrogens with zero attached hydrogens (tertiary/aromatic N) is 4. The van der Waals surface area contributed by atoms with Gasteiger partial charge in [0.2, 0.25) is 0 Å². The minimum absolute atomic E-state index is 0.359. The number of fused-ring (bicyclic) bond motifs is 10. The molecule has 8 aromatic rings. The minimum atomic E-state index is -0.485. The maximum atomic E-state index is 5.18. The highest BCUT2D eigenvalue weighted by atomic mass is 15.2. The number of hydrogen-bond donors (Lipinski definition) is 1. The molecule has 0 fully saturated rings. The first-order valence-electron chi connectivity index (χ1n) is 18.7. The van der Waals surface area contributed by atoms with Gasteiger partial charge in [0.25, 0.3) is 0 Å². The molecule has 0 radical (unpaired) electrons. The standard InChI is InChI=1S/C50H33N5/c1-3-13-34(14-4-1)47-53-48(35-15-5-2-6-16-35)55-49(54-47)40-19-8-7-17-37(40)33-25-23-32(24-26-33)36-27-28-39-38-18-9-10-20-41(38)50(44(39)31-36)42-21-11-29-51-45(42)46-43(50)22-12-30-52-46/h1-31,47H,(H,53,54,55). The Morgan fingerprint density at radius 2 is 0.927 bits per heavy atom. The van der Waals surface area contributed by atoms with Crippen LogP contribution in [0.3, 0.4) is 0 Å². The van der Waals surface area contributed by atoms with Gasteiger partial charge in [-0.2, -0.15) is 0 Å². The monoisotopic (exact) mass is 703 g/mol. The van der Waals surface area contributed by atoms with E-state index in [4.69, 9.17) is 20.0 Å². The van der Waals surface area contributed by atoms with Gasteiger partial charge in [-0.05, 0) is 79.4 Å². The number of aromatic nitrogens is 2. The number of rotatable bonds is 5. The molecule has 6 aromatic carbocycles. The molecule has 1 aliphatic heterocycles. The Bertz CT molecular complexity index is 2780. The molecule has 1 spiro atoms. The fourth-order valence-electron chi connectivity index (χ4n) is 8.87. The largest absolute Gasteiger partial charge is 0.324 e. The van der Waals surface area contributed by atoms with Crippen LogP contribution in [-0.2, 0) is 5.41 Å². The summed E-state index contributed by atoms with van der Waals surface area (Å²) in [6.07, 6.45) is 3.40. The zero-order chi connectivity index (χ0) is 36.3. The second kappa shape index (κ2) is 12.4. The Kier molecular flexibility index (Phi) is 7.07. The van der Waals surface area contributed by atoms with Crippen molar-refractivity contribution in [3.8, 4) is 44.8 Å². The quantitative estimate of drug-likeness (QED) is 0.194. The van der Waals surface area contributed by atoms with Gasteiger partial charge in [-0.15, -0.1) is 0 Å². The van der Waals surface area contributed by atoms with Crippen molar-refractivity contribution >= 4 is 11.7 Å². The average Bonchev–Trinajstić information content (AvgIpc) is 3.74. The Hall–Kier alpha value is -7.24. The number of nitrogens with one attached hydrogen (secondary N) is 1. The van der Waals surface area contributed by atoms with Gasteiger partial charge >= 0.3 is 0 Å². The molecule has 11 rings (SSSR count). The van der Waals surface area contributed by atoms with Gasteiger partial charge in [-0.3, -0.25) is 9.97 Å². The van der Waals surface area contributed by atoms with E-state index < -0.39 is 5.41 Å². The fraction of sp³-hybridized carbons (Fsp3) is 0.0400. The zero-order valence-corrected chi connectivity index (χ0v) is 29.8. The van der Waals surface area contributed by atoms with Crippen molar-refractivity contribution in [1.82, 2.24) is 15.3 Å². The van der Waals surface area contributed by atoms with E-state index in [1.54, 1.807) is 0 Å². The summed E-state index contributed by atoms with van der Waals surface area (Å²) in [5, 5.41) is 3.59. The Labute approximate surface area is 319 Å². The molecule has 5 nitrogen and oxygen atoms in total. The van der Waals surface area contributed by atoms with Crippen molar-refractivity contribution in [2.75, 3.05) is 0 Å². The normalized spacial score (nSPS) is 15.6. The smallest absolute Gasteiger partial charge is 0.169 e. The van der Waals surface area contributed by atoms with Gasteiger partial charge in [0.15, 0.2) is 6.17 Å². The van der Waals surface area contributed by atoms with Crippen LogP contribution in [0.4, 0.5) is 0 Å². The Morgan fingerprint density at radius 1 is 0.382 bits per heavy atom. The van der Waals surface area contributed by atoms with Gasteiger partial charge in [0.1, 0.15) is 11.7 Å². The van der Waals surface area contributed by atoms with Gasteiger partial charge in [-0.1, -0.05) is 158 Å². The summed E-state index contributed by atoms with van der Waals surface area (Å²) in [7, 11) is 0. The molecule has 0 saturated heterocycles. The Balaban J connectivity index is 0.994. The summed E-state index contributed by atoms with van der Waals surface area (Å²) in [4.78, 5) is 20.0. The van der Waals surface area contributed by atoms with Crippen LogP contribution in [0, 0.1) is 0 Å². The molecule has 55 heavy (non-hydrogen) atoms. The molecule has 2 aromatic heterocycles. The average molecular weight is 704 g/mol. The number of benzene rings is 6. The van der Waals surface area contributed by atoms with E-state index in [1.165, 1.54) is 38.9 Å². The maximum Gasteiger partial charge on any atom is 0.169 e. The third-order valence-corrected chi connectivity index (χ3v) is 11.3. The predicted molar refractivity (Wildman–Crippen MR) is 221 cm³/mol. The highest BCUT2D eigenvalue weighted by molar-refractivity contribution is 6.17. The lowest BCUT2D eigenvalue weighted by atomic mass is 9.70. The van der Waals surface area contributed by atoms with Crippen molar-refractivity contribution in [3.05, 3.63) is 227 Å². The Morgan fingerprint density at radius 3 is 1.65 bits per heavy atom. The summed E-state index contributed by atoms with van der Waals surface area (Å²) in [6, 6.07) is 62.3. The van der Waals surface area contributed by atoms with Crippen LogP contribution in [0.25, 0.3) is 44.8 Å². The van der Waals surface area contributed by atoms with Gasteiger partial charge in [0, 0.05) is 23.5 Å². The van der Waals surface area contributed by atoms with Crippen LogP contribution in [0.5, 0.6) is 0 Å². The van der Waals surface area contributed by atoms with Crippen molar-refractivity contribution in [2.24, 2.45) is 9.98 Å². The van der Waals surface area contributed by atoms with E-state index in [9.17, 15) is 0 Å². The molecule has 1 N–H and O–H groups in total. The van der Waals surface area contributed by atoms with Crippen LogP contribution >= 0.6 is 0 Å². The summed E-state index contributed by atoms with van der Waals surface area (Å²) in [5.41, 5.74) is 16.5. The maximum absolute atomic E-state index is 5.18. The first-order chi connectivity index (χ1) is 27.3. The van der Waals surface area contributed by atoms with E-state index in [1.807, 2.05) is 48.8 Å². The molecular weight excluding hydrogens is 671 g/mol. The van der Waals surface area contributed by atoms with E-state index in [2.05, 4.69) is 145 Å². The van der Waals surface area contributed by atoms with Crippen molar-refractivity contribution in [1.29, 1.82) is 0 Å². The molecular formula is C50H33N5. The molecule has 0 saturated carbocycles. The van der Waals surface area contributed by atoms with Crippen LogP contribution in [0.1, 0.15) is 45.1 Å². The van der Waals surface area contributed by atoms with Crippen LogP contribution in [0.15, 0.2) is 198 Å². The van der Waals surface area contributed by atoms with E-state index >= 15 is 0 Å². The van der Waals surface area contributed by atoms with Gasteiger partial charge in [0.05, 0.1) is 16.8 Å². The van der Waals surface area contributed by atoms with Crippen molar-refractivity contribution in [3.63, 3.8) is 0 Å². The number of aliphatic imine (C=N–C) groups is 2.